The molecule has 0 heterocycles. The van der Waals surface area contributed by atoms with Crippen LogP contribution in [0.1, 0.15) is 15.9 Å². The maximum Gasteiger partial charge on any atom is 0.222 e. The molecule has 0 bridgehead atoms. The van der Waals surface area contributed by atoms with E-state index >= 15 is 0 Å². The van der Waals surface area contributed by atoms with Gasteiger partial charge in [-0.3, -0.25) is 4.79 Å². The molecular formula is C9H9IO2S. The standard InChI is InChI=1S/C9H9IO2S/c1-5-3-6(9(12)13-2)8(11)7(10)4-5/h3-4,11H,1-2H3. The van der Waals surface area contributed by atoms with Gasteiger partial charge in [0.2, 0.25) is 5.12 Å². The Morgan fingerprint density at radius 3 is 2.69 bits per heavy atom. The van der Waals surface area contributed by atoms with Gasteiger partial charge < -0.3 is 5.11 Å². The van der Waals surface area contributed by atoms with Crippen molar-refractivity contribution in [3.63, 3.8) is 0 Å². The quantitative estimate of drug-likeness (QED) is 0.811. The summed E-state index contributed by atoms with van der Waals surface area (Å²) in [5, 5.41) is 9.48. The van der Waals surface area contributed by atoms with Crippen LogP contribution in [0.15, 0.2) is 12.1 Å². The van der Waals surface area contributed by atoms with Crippen LogP contribution in [0.25, 0.3) is 0 Å². The van der Waals surface area contributed by atoms with Crippen LogP contribution in [0, 0.1) is 10.5 Å². The molecule has 0 amide bonds. The second-order valence-electron chi connectivity index (χ2n) is 2.63. The molecule has 0 saturated carbocycles. The molecule has 1 aromatic carbocycles. The number of phenols is 1. The largest absolute Gasteiger partial charge is 0.506 e. The molecular weight excluding hydrogens is 299 g/mol. The number of hydrogen-bond acceptors (Lipinski definition) is 3. The van der Waals surface area contributed by atoms with Crippen molar-refractivity contribution in [2.75, 3.05) is 6.26 Å². The maximum atomic E-state index is 11.3. The van der Waals surface area contributed by atoms with E-state index in [0.717, 1.165) is 20.9 Å². The number of aryl methyl sites for hydroxylation is 1. The van der Waals surface area contributed by atoms with Crippen molar-refractivity contribution in [1.29, 1.82) is 0 Å². The van der Waals surface area contributed by atoms with E-state index in [1.54, 1.807) is 12.3 Å². The minimum Gasteiger partial charge on any atom is -0.506 e. The summed E-state index contributed by atoms with van der Waals surface area (Å²) < 4.78 is 0.718. The van der Waals surface area contributed by atoms with Crippen LogP contribution in [0.5, 0.6) is 5.75 Å². The smallest absolute Gasteiger partial charge is 0.222 e. The van der Waals surface area contributed by atoms with Gasteiger partial charge in [0.1, 0.15) is 5.75 Å². The van der Waals surface area contributed by atoms with Crippen molar-refractivity contribution in [2.45, 2.75) is 6.92 Å². The number of halogens is 1. The summed E-state index contributed by atoms with van der Waals surface area (Å²) in [4.78, 5) is 11.3. The highest BCUT2D eigenvalue weighted by Gasteiger charge is 2.12. The lowest BCUT2D eigenvalue weighted by atomic mass is 10.1. The molecule has 0 aliphatic carbocycles. The van der Waals surface area contributed by atoms with Crippen molar-refractivity contribution >= 4 is 39.5 Å². The first-order valence-electron chi connectivity index (χ1n) is 3.63. The van der Waals surface area contributed by atoms with Crippen molar-refractivity contribution in [2.24, 2.45) is 0 Å². The number of rotatable bonds is 1. The lowest BCUT2D eigenvalue weighted by Gasteiger charge is -2.05. The Labute approximate surface area is 94.9 Å². The Hall–Kier alpha value is -0.230. The molecule has 0 aliphatic heterocycles. The van der Waals surface area contributed by atoms with Gasteiger partial charge in [0, 0.05) is 0 Å². The molecule has 1 N–H and O–H groups in total. The number of thioether (sulfide) groups is 1. The van der Waals surface area contributed by atoms with Gasteiger partial charge in [0.25, 0.3) is 0 Å². The Kier molecular flexibility index (Phi) is 3.61. The van der Waals surface area contributed by atoms with Crippen molar-refractivity contribution in [3.05, 3.63) is 26.8 Å². The molecule has 2 nitrogen and oxygen atoms in total. The Balaban J connectivity index is 3.28. The normalized spacial score (nSPS) is 10.1. The summed E-state index contributed by atoms with van der Waals surface area (Å²) in [5.74, 6) is 0.0885. The minimum atomic E-state index is -0.0980. The number of carbonyl (C=O) groups excluding carboxylic acids is 1. The SMILES string of the molecule is CSC(=O)c1cc(C)cc(I)c1O. The van der Waals surface area contributed by atoms with Crippen LogP contribution in [0.3, 0.4) is 0 Å². The molecule has 0 aliphatic rings. The fraction of sp³-hybridized carbons (Fsp3) is 0.222. The Bertz CT molecular complexity index is 350. The third-order valence-corrected chi connectivity index (χ3v) is 3.03. The predicted molar refractivity (Wildman–Crippen MR) is 63.4 cm³/mol. The van der Waals surface area contributed by atoms with Crippen molar-refractivity contribution in [3.8, 4) is 5.75 Å². The van der Waals surface area contributed by atoms with Gasteiger partial charge in [-0.25, -0.2) is 0 Å². The van der Waals surface area contributed by atoms with Gasteiger partial charge in [-0.1, -0.05) is 11.8 Å². The van der Waals surface area contributed by atoms with Gasteiger partial charge in [0.05, 0.1) is 9.13 Å². The van der Waals surface area contributed by atoms with Gasteiger partial charge in [-0.05, 0) is 53.5 Å². The van der Waals surface area contributed by atoms with Crippen LogP contribution < -0.4 is 0 Å². The molecule has 70 valence electrons. The Morgan fingerprint density at radius 1 is 1.54 bits per heavy atom. The number of carbonyl (C=O) groups is 1. The lowest BCUT2D eigenvalue weighted by molar-refractivity contribution is 0.108. The zero-order valence-corrected chi connectivity index (χ0v) is 10.3. The summed E-state index contributed by atoms with van der Waals surface area (Å²) in [6.07, 6.45) is 1.71. The number of benzene rings is 1. The van der Waals surface area contributed by atoms with Gasteiger partial charge in [-0.2, -0.15) is 0 Å². The lowest BCUT2D eigenvalue weighted by Crippen LogP contribution is -1.95. The fourth-order valence-electron chi connectivity index (χ4n) is 1.00. The van der Waals surface area contributed by atoms with E-state index in [1.165, 1.54) is 0 Å². The van der Waals surface area contributed by atoms with E-state index in [0.29, 0.717) is 5.56 Å². The molecule has 0 unspecified atom stereocenters. The molecule has 0 fully saturated rings. The summed E-state index contributed by atoms with van der Waals surface area (Å²) in [7, 11) is 0. The first-order chi connectivity index (χ1) is 6.06. The third kappa shape index (κ3) is 2.37. The van der Waals surface area contributed by atoms with E-state index in [1.807, 2.05) is 35.6 Å². The second kappa shape index (κ2) is 4.32. The second-order valence-corrected chi connectivity index (χ2v) is 4.58. The number of phenolic OH excluding ortho intramolecular Hbond substituents is 1. The fourth-order valence-corrected chi connectivity index (χ4v) is 2.16. The van der Waals surface area contributed by atoms with E-state index in [4.69, 9.17) is 0 Å². The zero-order chi connectivity index (χ0) is 10.0. The highest BCUT2D eigenvalue weighted by Crippen LogP contribution is 2.28. The molecule has 1 aromatic rings. The van der Waals surface area contributed by atoms with Crippen LogP contribution >= 0.6 is 34.4 Å². The van der Waals surface area contributed by atoms with Crippen LogP contribution in [0.4, 0.5) is 0 Å². The predicted octanol–water partition coefficient (Wildman–Crippen LogP) is 2.81. The van der Waals surface area contributed by atoms with E-state index in [9.17, 15) is 9.90 Å². The van der Waals surface area contributed by atoms with E-state index < -0.39 is 0 Å². The van der Waals surface area contributed by atoms with Gasteiger partial charge in [0.15, 0.2) is 0 Å². The van der Waals surface area contributed by atoms with Gasteiger partial charge in [-0.15, -0.1) is 0 Å². The molecule has 1 rings (SSSR count). The zero-order valence-electron chi connectivity index (χ0n) is 7.30. The molecule has 0 spiro atoms. The topological polar surface area (TPSA) is 37.3 Å². The van der Waals surface area contributed by atoms with Crippen LogP contribution in [-0.4, -0.2) is 16.5 Å². The molecule has 4 heteroatoms. The average Bonchev–Trinajstić information content (AvgIpc) is 2.10. The summed E-state index contributed by atoms with van der Waals surface area (Å²) in [5.41, 5.74) is 1.39. The van der Waals surface area contributed by atoms with Crippen molar-refractivity contribution < 1.29 is 9.90 Å². The first-order valence-corrected chi connectivity index (χ1v) is 5.94. The summed E-state index contributed by atoms with van der Waals surface area (Å²) in [6, 6.07) is 3.54. The van der Waals surface area contributed by atoms with Crippen LogP contribution in [0.2, 0.25) is 0 Å². The summed E-state index contributed by atoms with van der Waals surface area (Å²) >= 11 is 3.12. The summed E-state index contributed by atoms with van der Waals surface area (Å²) in [6.45, 7) is 1.90. The van der Waals surface area contributed by atoms with E-state index in [2.05, 4.69) is 0 Å². The molecule has 0 radical (unpaired) electrons. The first kappa shape index (κ1) is 10.8. The average molecular weight is 308 g/mol. The number of aromatic hydroxyl groups is 1. The van der Waals surface area contributed by atoms with Crippen LogP contribution in [-0.2, 0) is 0 Å². The Morgan fingerprint density at radius 2 is 2.15 bits per heavy atom. The number of hydrogen-bond donors (Lipinski definition) is 1. The molecule has 13 heavy (non-hydrogen) atoms. The van der Waals surface area contributed by atoms with Crippen molar-refractivity contribution in [1.82, 2.24) is 0 Å². The molecule has 0 saturated heterocycles. The highest BCUT2D eigenvalue weighted by molar-refractivity contribution is 14.1. The third-order valence-electron chi connectivity index (χ3n) is 1.61. The molecule has 0 atom stereocenters. The highest BCUT2D eigenvalue weighted by atomic mass is 127. The van der Waals surface area contributed by atoms with E-state index in [-0.39, 0.29) is 10.9 Å². The molecule has 0 aromatic heterocycles. The maximum absolute atomic E-state index is 11.3. The van der Waals surface area contributed by atoms with Gasteiger partial charge >= 0.3 is 0 Å². The minimum absolute atomic E-state index is 0.0885. The monoisotopic (exact) mass is 308 g/mol.